The highest BCUT2D eigenvalue weighted by molar-refractivity contribution is 6.15. The maximum atomic E-state index is 12.7. The van der Waals surface area contributed by atoms with Gasteiger partial charge >= 0.3 is 11.9 Å². The molecule has 174 valence electrons. The predicted octanol–water partition coefficient (Wildman–Crippen LogP) is 2.81. The van der Waals surface area contributed by atoms with Crippen molar-refractivity contribution in [3.63, 3.8) is 0 Å². The Balaban J connectivity index is 1.65. The van der Waals surface area contributed by atoms with Crippen molar-refractivity contribution in [2.45, 2.75) is 26.1 Å². The van der Waals surface area contributed by atoms with Gasteiger partial charge in [-0.05, 0) is 36.2 Å². The zero-order valence-corrected chi connectivity index (χ0v) is 18.9. The fraction of sp³-hybridized carbons (Fsp3) is 0.292. The SMILES string of the molecule is COc1ccc(CCNC(=O)c2ccccc2NC=C2C(=O)OC(C)(C)OC2=O)cc1OC. The highest BCUT2D eigenvalue weighted by Crippen LogP contribution is 2.27. The molecule has 33 heavy (non-hydrogen) atoms. The first-order valence-corrected chi connectivity index (χ1v) is 10.3. The van der Waals surface area contributed by atoms with Gasteiger partial charge in [0.2, 0.25) is 0 Å². The Kier molecular flexibility index (Phi) is 7.22. The second-order valence-corrected chi connectivity index (χ2v) is 7.62. The lowest BCUT2D eigenvalue weighted by Gasteiger charge is -2.29. The minimum atomic E-state index is -1.32. The van der Waals surface area contributed by atoms with Crippen LogP contribution in [0.1, 0.15) is 29.8 Å². The molecule has 1 amide bonds. The first-order chi connectivity index (χ1) is 15.7. The van der Waals surface area contributed by atoms with Crippen molar-refractivity contribution >= 4 is 23.5 Å². The molecule has 1 heterocycles. The summed E-state index contributed by atoms with van der Waals surface area (Å²) in [5.74, 6) is -1.99. The van der Waals surface area contributed by atoms with Crippen molar-refractivity contribution < 1.29 is 33.3 Å². The van der Waals surface area contributed by atoms with E-state index in [1.807, 2.05) is 18.2 Å². The summed E-state index contributed by atoms with van der Waals surface area (Å²) in [6.45, 7) is 3.32. The number of para-hydroxylation sites is 1. The third-order valence-electron chi connectivity index (χ3n) is 4.81. The largest absolute Gasteiger partial charge is 0.493 e. The lowest BCUT2D eigenvalue weighted by Crippen LogP contribution is -2.42. The number of rotatable bonds is 8. The van der Waals surface area contributed by atoms with Gasteiger partial charge in [0.15, 0.2) is 17.1 Å². The van der Waals surface area contributed by atoms with Crippen molar-refractivity contribution in [2.24, 2.45) is 0 Å². The highest BCUT2D eigenvalue weighted by atomic mass is 16.7. The second-order valence-electron chi connectivity index (χ2n) is 7.62. The summed E-state index contributed by atoms with van der Waals surface area (Å²) >= 11 is 0. The molecule has 2 aromatic carbocycles. The monoisotopic (exact) mass is 454 g/mol. The number of benzene rings is 2. The van der Waals surface area contributed by atoms with Crippen LogP contribution in [0.25, 0.3) is 0 Å². The van der Waals surface area contributed by atoms with E-state index in [1.165, 1.54) is 20.0 Å². The van der Waals surface area contributed by atoms with E-state index in [-0.39, 0.29) is 11.5 Å². The molecule has 3 rings (SSSR count). The molecule has 0 atom stereocenters. The van der Waals surface area contributed by atoms with Crippen molar-refractivity contribution in [2.75, 3.05) is 26.1 Å². The Bertz CT molecular complexity index is 1070. The number of nitrogens with one attached hydrogen (secondary N) is 2. The van der Waals surface area contributed by atoms with Crippen LogP contribution in [0, 0.1) is 0 Å². The molecular weight excluding hydrogens is 428 g/mol. The summed E-state index contributed by atoms with van der Waals surface area (Å²) in [6.07, 6.45) is 1.76. The van der Waals surface area contributed by atoms with E-state index in [9.17, 15) is 14.4 Å². The topological polar surface area (TPSA) is 112 Å². The summed E-state index contributed by atoms with van der Waals surface area (Å²) in [5.41, 5.74) is 1.44. The number of hydrogen-bond acceptors (Lipinski definition) is 8. The lowest BCUT2D eigenvalue weighted by molar-refractivity contribution is -0.222. The number of cyclic esters (lactones) is 2. The number of carbonyl (C=O) groups excluding carboxylic acids is 3. The predicted molar refractivity (Wildman–Crippen MR) is 120 cm³/mol. The Morgan fingerprint density at radius 3 is 2.33 bits per heavy atom. The number of methoxy groups -OCH3 is 2. The van der Waals surface area contributed by atoms with Crippen LogP contribution in [0.3, 0.4) is 0 Å². The van der Waals surface area contributed by atoms with Crippen molar-refractivity contribution in [1.29, 1.82) is 0 Å². The van der Waals surface area contributed by atoms with E-state index in [0.29, 0.717) is 35.7 Å². The second kappa shape index (κ2) is 10.1. The number of ether oxygens (including phenoxy) is 4. The van der Waals surface area contributed by atoms with Gasteiger partial charge < -0.3 is 29.6 Å². The van der Waals surface area contributed by atoms with Crippen LogP contribution in [0.4, 0.5) is 5.69 Å². The maximum absolute atomic E-state index is 12.7. The van der Waals surface area contributed by atoms with E-state index in [1.54, 1.807) is 38.5 Å². The Hall–Kier alpha value is -4.01. The van der Waals surface area contributed by atoms with Crippen LogP contribution in [0.5, 0.6) is 11.5 Å². The number of amides is 1. The summed E-state index contributed by atoms with van der Waals surface area (Å²) in [6, 6.07) is 12.3. The summed E-state index contributed by atoms with van der Waals surface area (Å²) in [5, 5.41) is 5.70. The summed E-state index contributed by atoms with van der Waals surface area (Å²) < 4.78 is 20.7. The number of hydrogen-bond donors (Lipinski definition) is 2. The van der Waals surface area contributed by atoms with E-state index in [2.05, 4.69) is 10.6 Å². The van der Waals surface area contributed by atoms with Gasteiger partial charge in [-0.3, -0.25) is 4.79 Å². The molecule has 0 aromatic heterocycles. The molecule has 0 spiro atoms. The molecule has 0 unspecified atom stereocenters. The van der Waals surface area contributed by atoms with Crippen LogP contribution in [-0.4, -0.2) is 44.4 Å². The van der Waals surface area contributed by atoms with Gasteiger partial charge in [-0.25, -0.2) is 9.59 Å². The van der Waals surface area contributed by atoms with E-state index in [0.717, 1.165) is 5.56 Å². The first-order valence-electron chi connectivity index (χ1n) is 10.3. The average molecular weight is 454 g/mol. The third kappa shape index (κ3) is 5.82. The minimum Gasteiger partial charge on any atom is -0.493 e. The van der Waals surface area contributed by atoms with Gasteiger partial charge in [-0.1, -0.05) is 18.2 Å². The molecule has 2 aromatic rings. The fourth-order valence-electron chi connectivity index (χ4n) is 3.19. The van der Waals surface area contributed by atoms with E-state index < -0.39 is 17.7 Å². The molecular formula is C24H26N2O7. The summed E-state index contributed by atoms with van der Waals surface area (Å²) in [4.78, 5) is 36.9. The molecule has 1 aliphatic rings. The zero-order chi connectivity index (χ0) is 24.0. The van der Waals surface area contributed by atoms with Gasteiger partial charge in [0, 0.05) is 26.6 Å². The molecule has 9 heteroatoms. The smallest absolute Gasteiger partial charge is 0.350 e. The standard InChI is InChI=1S/C24H26N2O7/c1-24(2)32-22(28)17(23(29)33-24)14-26-18-8-6-5-7-16(18)21(27)25-12-11-15-9-10-19(30-3)20(13-15)31-4/h5-10,13-14,26H,11-12H2,1-4H3,(H,25,27). The van der Waals surface area contributed by atoms with E-state index in [4.69, 9.17) is 18.9 Å². The van der Waals surface area contributed by atoms with Gasteiger partial charge in [-0.2, -0.15) is 0 Å². The van der Waals surface area contributed by atoms with Crippen molar-refractivity contribution in [3.8, 4) is 11.5 Å². The quantitative estimate of drug-likeness (QED) is 0.356. The number of anilines is 1. The van der Waals surface area contributed by atoms with Crippen LogP contribution >= 0.6 is 0 Å². The van der Waals surface area contributed by atoms with Gasteiger partial charge in [-0.15, -0.1) is 0 Å². The van der Waals surface area contributed by atoms with Crippen LogP contribution in [0.15, 0.2) is 54.2 Å². The summed E-state index contributed by atoms with van der Waals surface area (Å²) in [7, 11) is 3.14. The third-order valence-corrected chi connectivity index (χ3v) is 4.81. The minimum absolute atomic E-state index is 0.294. The highest BCUT2D eigenvalue weighted by Gasteiger charge is 2.39. The zero-order valence-electron chi connectivity index (χ0n) is 18.9. The molecule has 0 radical (unpaired) electrons. The molecule has 1 aliphatic heterocycles. The normalized spacial score (nSPS) is 14.6. The Labute approximate surface area is 191 Å². The number of carbonyl (C=O) groups is 3. The van der Waals surface area contributed by atoms with Crippen molar-refractivity contribution in [3.05, 3.63) is 65.4 Å². The molecule has 1 saturated heterocycles. The van der Waals surface area contributed by atoms with Gasteiger partial charge in [0.1, 0.15) is 0 Å². The van der Waals surface area contributed by atoms with Gasteiger partial charge in [0.25, 0.3) is 11.7 Å². The van der Waals surface area contributed by atoms with Crippen LogP contribution in [0.2, 0.25) is 0 Å². The number of esters is 2. The molecule has 0 aliphatic carbocycles. The molecule has 0 saturated carbocycles. The lowest BCUT2D eigenvalue weighted by atomic mass is 10.1. The van der Waals surface area contributed by atoms with Crippen LogP contribution < -0.4 is 20.1 Å². The van der Waals surface area contributed by atoms with Crippen molar-refractivity contribution in [1.82, 2.24) is 5.32 Å². The molecule has 0 bridgehead atoms. The van der Waals surface area contributed by atoms with Crippen LogP contribution in [-0.2, 0) is 25.5 Å². The maximum Gasteiger partial charge on any atom is 0.350 e. The Morgan fingerprint density at radius 2 is 1.67 bits per heavy atom. The Morgan fingerprint density at radius 1 is 1.00 bits per heavy atom. The molecule has 9 nitrogen and oxygen atoms in total. The average Bonchev–Trinajstić information content (AvgIpc) is 2.77. The van der Waals surface area contributed by atoms with E-state index >= 15 is 0 Å². The molecule has 1 fully saturated rings. The van der Waals surface area contributed by atoms with Gasteiger partial charge in [0.05, 0.1) is 25.5 Å². The molecule has 2 N–H and O–H groups in total. The first kappa shape index (κ1) is 23.6. The fourth-order valence-corrected chi connectivity index (χ4v) is 3.19.